The van der Waals surface area contributed by atoms with Gasteiger partial charge >= 0.3 is 5.97 Å². The number of carboxylic acids is 1. The third-order valence-corrected chi connectivity index (χ3v) is 3.53. The second kappa shape index (κ2) is 6.35. The molecule has 0 aromatic heterocycles. The summed E-state index contributed by atoms with van der Waals surface area (Å²) in [5.74, 6) is -0.455. The van der Waals surface area contributed by atoms with Crippen LogP contribution in [0, 0.1) is 17.2 Å². The van der Waals surface area contributed by atoms with Crippen molar-refractivity contribution < 1.29 is 9.90 Å². The van der Waals surface area contributed by atoms with E-state index in [9.17, 15) is 4.79 Å². The van der Waals surface area contributed by atoms with Crippen LogP contribution in [-0.4, -0.2) is 29.1 Å². The summed E-state index contributed by atoms with van der Waals surface area (Å²) in [5.41, 5.74) is 1.80. The summed E-state index contributed by atoms with van der Waals surface area (Å²) in [5, 5.41) is 17.7. The molecule has 0 amide bonds. The molecule has 100 valence electrons. The number of piperidine rings is 1. The number of aliphatic carboxylic acids is 1. The van der Waals surface area contributed by atoms with E-state index in [4.69, 9.17) is 10.4 Å². The van der Waals surface area contributed by atoms with Gasteiger partial charge < -0.3 is 5.11 Å². The lowest BCUT2D eigenvalue weighted by Crippen LogP contribution is -2.35. The summed E-state index contributed by atoms with van der Waals surface area (Å²) in [6.07, 6.45) is 2.31. The van der Waals surface area contributed by atoms with Gasteiger partial charge in [0.15, 0.2) is 0 Å². The van der Waals surface area contributed by atoms with Crippen molar-refractivity contribution in [2.75, 3.05) is 13.1 Å². The highest BCUT2D eigenvalue weighted by Crippen LogP contribution is 2.21. The molecule has 0 saturated carbocycles. The Morgan fingerprint density at radius 3 is 3.11 bits per heavy atom. The van der Waals surface area contributed by atoms with Crippen LogP contribution in [0.2, 0.25) is 0 Å². The number of hydrogen-bond donors (Lipinski definition) is 1. The lowest BCUT2D eigenvalue weighted by Gasteiger charge is -2.32. The van der Waals surface area contributed by atoms with Crippen LogP contribution in [-0.2, 0) is 11.3 Å². The van der Waals surface area contributed by atoms with Gasteiger partial charge in [0.2, 0.25) is 0 Å². The molecule has 0 bridgehead atoms. The maximum atomic E-state index is 10.8. The molecule has 19 heavy (non-hydrogen) atoms. The monoisotopic (exact) mass is 258 g/mol. The van der Waals surface area contributed by atoms with Gasteiger partial charge in [0.05, 0.1) is 11.6 Å². The summed E-state index contributed by atoms with van der Waals surface area (Å²) in [4.78, 5) is 13.0. The number of rotatable bonds is 4. The van der Waals surface area contributed by atoms with E-state index >= 15 is 0 Å². The van der Waals surface area contributed by atoms with E-state index in [-0.39, 0.29) is 12.3 Å². The summed E-state index contributed by atoms with van der Waals surface area (Å²) in [7, 11) is 0. The minimum atomic E-state index is -0.710. The quantitative estimate of drug-likeness (QED) is 0.899. The number of hydrogen-bond acceptors (Lipinski definition) is 3. The molecule has 1 aromatic carbocycles. The van der Waals surface area contributed by atoms with Gasteiger partial charge in [0.1, 0.15) is 0 Å². The number of benzene rings is 1. The van der Waals surface area contributed by atoms with E-state index in [2.05, 4.69) is 11.0 Å². The molecule has 0 radical (unpaired) electrons. The Hall–Kier alpha value is -1.86. The third-order valence-electron chi connectivity index (χ3n) is 3.53. The standard InChI is InChI=1S/C15H18N2O2/c16-9-12-3-1-4-13(7-12)10-17-6-2-5-14(11-17)8-15(18)19/h1,3-4,7,14H,2,5-6,8,10-11H2,(H,18,19). The van der Waals surface area contributed by atoms with Crippen LogP contribution < -0.4 is 0 Å². The molecule has 1 saturated heterocycles. The minimum Gasteiger partial charge on any atom is -0.481 e. The zero-order valence-corrected chi connectivity index (χ0v) is 10.9. The highest BCUT2D eigenvalue weighted by atomic mass is 16.4. The van der Waals surface area contributed by atoms with Gasteiger partial charge in [-0.15, -0.1) is 0 Å². The topological polar surface area (TPSA) is 64.3 Å². The fourth-order valence-electron chi connectivity index (χ4n) is 2.71. The van der Waals surface area contributed by atoms with Crippen LogP contribution in [0.5, 0.6) is 0 Å². The Labute approximate surface area is 113 Å². The molecular weight excluding hydrogens is 240 g/mol. The Bertz CT molecular complexity index is 493. The number of carbonyl (C=O) groups is 1. The molecule has 1 heterocycles. The number of nitrogens with zero attached hydrogens (tertiary/aromatic N) is 2. The molecule has 1 fully saturated rings. The van der Waals surface area contributed by atoms with Crippen LogP contribution in [0.1, 0.15) is 30.4 Å². The zero-order chi connectivity index (χ0) is 13.7. The van der Waals surface area contributed by atoms with E-state index in [1.165, 1.54) is 0 Å². The van der Waals surface area contributed by atoms with Gasteiger partial charge in [-0.3, -0.25) is 9.69 Å². The van der Waals surface area contributed by atoms with E-state index < -0.39 is 5.97 Å². The molecule has 1 aliphatic rings. The Morgan fingerprint density at radius 1 is 1.53 bits per heavy atom. The number of nitriles is 1. The van der Waals surface area contributed by atoms with Crippen molar-refractivity contribution in [2.24, 2.45) is 5.92 Å². The summed E-state index contributed by atoms with van der Waals surface area (Å²) in [6.45, 7) is 2.64. The summed E-state index contributed by atoms with van der Waals surface area (Å²) in [6, 6.07) is 9.76. The summed E-state index contributed by atoms with van der Waals surface area (Å²) < 4.78 is 0. The minimum absolute atomic E-state index is 0.255. The fraction of sp³-hybridized carbons (Fsp3) is 0.467. The maximum absolute atomic E-state index is 10.8. The molecule has 2 rings (SSSR count). The first-order chi connectivity index (χ1) is 9.17. The predicted molar refractivity (Wildman–Crippen MR) is 71.4 cm³/mol. The number of carboxylic acid groups (broad SMARTS) is 1. The van der Waals surface area contributed by atoms with Crippen LogP contribution in [0.4, 0.5) is 0 Å². The Morgan fingerprint density at radius 2 is 2.37 bits per heavy atom. The average molecular weight is 258 g/mol. The van der Waals surface area contributed by atoms with Crippen molar-refractivity contribution in [3.63, 3.8) is 0 Å². The van der Waals surface area contributed by atoms with E-state index in [1.807, 2.05) is 18.2 Å². The van der Waals surface area contributed by atoms with Crippen molar-refractivity contribution in [1.29, 1.82) is 5.26 Å². The first-order valence-electron chi connectivity index (χ1n) is 6.60. The normalized spacial score (nSPS) is 19.8. The molecule has 4 nitrogen and oxygen atoms in total. The Balaban J connectivity index is 1.95. The highest BCUT2D eigenvalue weighted by Gasteiger charge is 2.21. The van der Waals surface area contributed by atoms with E-state index in [1.54, 1.807) is 6.07 Å². The van der Waals surface area contributed by atoms with Crippen molar-refractivity contribution in [3.8, 4) is 6.07 Å². The predicted octanol–water partition coefficient (Wildman–Crippen LogP) is 2.24. The van der Waals surface area contributed by atoms with Crippen LogP contribution in [0.3, 0.4) is 0 Å². The molecule has 0 spiro atoms. The zero-order valence-electron chi connectivity index (χ0n) is 10.9. The van der Waals surface area contributed by atoms with Gasteiger partial charge in [0.25, 0.3) is 0 Å². The Kier molecular flexibility index (Phi) is 4.53. The SMILES string of the molecule is N#Cc1cccc(CN2CCCC(CC(=O)O)C2)c1. The second-order valence-electron chi connectivity index (χ2n) is 5.15. The van der Waals surface area contributed by atoms with Crippen molar-refractivity contribution in [1.82, 2.24) is 4.90 Å². The molecule has 1 N–H and O–H groups in total. The van der Waals surface area contributed by atoms with Gasteiger partial charge in [-0.2, -0.15) is 5.26 Å². The fourth-order valence-corrected chi connectivity index (χ4v) is 2.71. The van der Waals surface area contributed by atoms with Crippen LogP contribution in [0.15, 0.2) is 24.3 Å². The van der Waals surface area contributed by atoms with Crippen molar-refractivity contribution in [3.05, 3.63) is 35.4 Å². The summed E-state index contributed by atoms with van der Waals surface area (Å²) >= 11 is 0. The smallest absolute Gasteiger partial charge is 0.303 e. The maximum Gasteiger partial charge on any atom is 0.303 e. The highest BCUT2D eigenvalue weighted by molar-refractivity contribution is 5.67. The number of likely N-dealkylation sites (tertiary alicyclic amines) is 1. The van der Waals surface area contributed by atoms with E-state index in [0.717, 1.165) is 38.0 Å². The molecular formula is C15H18N2O2. The second-order valence-corrected chi connectivity index (χ2v) is 5.15. The van der Waals surface area contributed by atoms with Crippen molar-refractivity contribution >= 4 is 5.97 Å². The molecule has 1 atom stereocenters. The van der Waals surface area contributed by atoms with Gasteiger partial charge in [0, 0.05) is 19.5 Å². The largest absolute Gasteiger partial charge is 0.481 e. The third kappa shape index (κ3) is 4.08. The lowest BCUT2D eigenvalue weighted by molar-refractivity contribution is -0.138. The first-order valence-corrected chi connectivity index (χ1v) is 6.60. The molecule has 0 aliphatic carbocycles. The van der Waals surface area contributed by atoms with Crippen LogP contribution >= 0.6 is 0 Å². The van der Waals surface area contributed by atoms with Gasteiger partial charge in [-0.25, -0.2) is 0 Å². The van der Waals surface area contributed by atoms with Crippen LogP contribution in [0.25, 0.3) is 0 Å². The molecule has 4 heteroatoms. The van der Waals surface area contributed by atoms with E-state index in [0.29, 0.717) is 5.56 Å². The molecule has 1 aromatic rings. The average Bonchev–Trinajstić information content (AvgIpc) is 2.38. The molecule has 1 aliphatic heterocycles. The van der Waals surface area contributed by atoms with Gasteiger partial charge in [-0.1, -0.05) is 12.1 Å². The van der Waals surface area contributed by atoms with Crippen molar-refractivity contribution in [2.45, 2.75) is 25.8 Å². The molecule has 1 unspecified atom stereocenters. The lowest BCUT2D eigenvalue weighted by atomic mass is 9.94. The first kappa shape index (κ1) is 13.6. The van der Waals surface area contributed by atoms with Gasteiger partial charge in [-0.05, 0) is 43.0 Å².